The first kappa shape index (κ1) is 19.1. The van der Waals surface area contributed by atoms with Gasteiger partial charge in [-0.25, -0.2) is 0 Å². The van der Waals surface area contributed by atoms with Gasteiger partial charge in [-0.2, -0.15) is 4.98 Å². The lowest BCUT2D eigenvalue weighted by Gasteiger charge is -2.30. The standard InChI is InChI=1S/C22H29N3O3/c26-20(8-4-7-17-5-2-1-3-6-17)25-13-9-19(10-14-25)22-23-21(24-28-22)18-11-15-27-16-12-18/h1-3,5-6,18-19H,4,7-16H2. The van der Waals surface area contributed by atoms with E-state index in [2.05, 4.69) is 22.3 Å². The molecule has 3 heterocycles. The third kappa shape index (κ3) is 4.79. The second-order valence-electron chi connectivity index (χ2n) is 7.87. The molecule has 2 aromatic rings. The minimum atomic E-state index is 0.266. The monoisotopic (exact) mass is 383 g/mol. The fraction of sp³-hybridized carbons (Fsp3) is 0.591. The Balaban J connectivity index is 1.22. The fourth-order valence-electron chi connectivity index (χ4n) is 4.16. The molecule has 6 nitrogen and oxygen atoms in total. The van der Waals surface area contributed by atoms with E-state index in [0.29, 0.717) is 12.3 Å². The van der Waals surface area contributed by atoms with E-state index in [1.165, 1.54) is 5.56 Å². The molecule has 2 fully saturated rings. The van der Waals surface area contributed by atoms with Gasteiger partial charge in [0.1, 0.15) is 0 Å². The predicted molar refractivity (Wildman–Crippen MR) is 105 cm³/mol. The molecule has 0 atom stereocenters. The highest BCUT2D eigenvalue weighted by Crippen LogP contribution is 2.30. The Bertz CT molecular complexity index is 747. The fourth-order valence-corrected chi connectivity index (χ4v) is 4.16. The number of piperidine rings is 1. The summed E-state index contributed by atoms with van der Waals surface area (Å²) in [6.07, 6.45) is 6.22. The molecule has 150 valence electrons. The van der Waals surface area contributed by atoms with Crippen molar-refractivity contribution in [2.45, 2.75) is 56.8 Å². The summed E-state index contributed by atoms with van der Waals surface area (Å²) in [7, 11) is 0. The number of aromatic nitrogens is 2. The first-order chi connectivity index (χ1) is 13.8. The van der Waals surface area contributed by atoms with Crippen LogP contribution in [0.5, 0.6) is 0 Å². The first-order valence-electron chi connectivity index (χ1n) is 10.5. The zero-order valence-corrected chi connectivity index (χ0v) is 16.4. The minimum absolute atomic E-state index is 0.266. The van der Waals surface area contributed by atoms with Crippen LogP contribution in [-0.4, -0.2) is 47.3 Å². The molecule has 1 aromatic heterocycles. The van der Waals surface area contributed by atoms with Gasteiger partial charge < -0.3 is 14.2 Å². The van der Waals surface area contributed by atoms with Crippen LogP contribution >= 0.6 is 0 Å². The van der Waals surface area contributed by atoms with Crippen molar-refractivity contribution in [3.05, 3.63) is 47.6 Å². The SMILES string of the molecule is O=C(CCCc1ccccc1)N1CCC(c2nc(C3CCOCC3)no2)CC1. The molecule has 0 saturated carbocycles. The van der Waals surface area contributed by atoms with Gasteiger partial charge in [0.15, 0.2) is 5.82 Å². The second kappa shape index (κ2) is 9.32. The van der Waals surface area contributed by atoms with Gasteiger partial charge in [-0.05, 0) is 44.1 Å². The molecule has 6 heteroatoms. The summed E-state index contributed by atoms with van der Waals surface area (Å²) < 4.78 is 11.0. The molecule has 2 saturated heterocycles. The molecule has 4 rings (SSSR count). The van der Waals surface area contributed by atoms with Crippen LogP contribution in [0, 0.1) is 0 Å². The number of ether oxygens (including phenoxy) is 1. The van der Waals surface area contributed by atoms with E-state index < -0.39 is 0 Å². The van der Waals surface area contributed by atoms with Crippen LogP contribution in [0.3, 0.4) is 0 Å². The number of hydrogen-bond donors (Lipinski definition) is 0. The van der Waals surface area contributed by atoms with E-state index in [1.54, 1.807) is 0 Å². The number of amides is 1. The van der Waals surface area contributed by atoms with Crippen LogP contribution in [-0.2, 0) is 16.0 Å². The highest BCUT2D eigenvalue weighted by Gasteiger charge is 2.29. The van der Waals surface area contributed by atoms with Gasteiger partial charge in [-0.1, -0.05) is 35.5 Å². The lowest BCUT2D eigenvalue weighted by Crippen LogP contribution is -2.37. The summed E-state index contributed by atoms with van der Waals surface area (Å²) in [5.74, 6) is 2.48. The maximum atomic E-state index is 12.5. The van der Waals surface area contributed by atoms with Gasteiger partial charge in [0.05, 0.1) is 0 Å². The Morgan fingerprint density at radius 3 is 2.54 bits per heavy atom. The molecule has 0 N–H and O–H groups in total. The summed E-state index contributed by atoms with van der Waals surface area (Å²) in [6, 6.07) is 10.4. The van der Waals surface area contributed by atoms with Gasteiger partial charge in [0.25, 0.3) is 0 Å². The molecule has 1 aromatic carbocycles. The summed E-state index contributed by atoms with van der Waals surface area (Å²) in [4.78, 5) is 19.2. The van der Waals surface area contributed by atoms with Crippen molar-refractivity contribution in [3.63, 3.8) is 0 Å². The average molecular weight is 383 g/mol. The third-order valence-electron chi connectivity index (χ3n) is 5.94. The summed E-state index contributed by atoms with van der Waals surface area (Å²) in [5.41, 5.74) is 1.30. The molecule has 0 aliphatic carbocycles. The molecule has 2 aliphatic rings. The molecule has 0 unspecified atom stereocenters. The maximum absolute atomic E-state index is 12.5. The molecule has 0 radical (unpaired) electrons. The minimum Gasteiger partial charge on any atom is -0.381 e. The number of nitrogens with zero attached hydrogens (tertiary/aromatic N) is 3. The Morgan fingerprint density at radius 1 is 1.04 bits per heavy atom. The highest BCUT2D eigenvalue weighted by molar-refractivity contribution is 5.76. The Kier molecular flexibility index (Phi) is 6.37. The van der Waals surface area contributed by atoms with Crippen molar-refractivity contribution >= 4 is 5.91 Å². The summed E-state index contributed by atoms with van der Waals surface area (Å²) in [5, 5.41) is 4.22. The van der Waals surface area contributed by atoms with E-state index in [0.717, 1.165) is 76.5 Å². The van der Waals surface area contributed by atoms with Crippen molar-refractivity contribution in [3.8, 4) is 0 Å². The van der Waals surface area contributed by atoms with E-state index in [1.807, 2.05) is 23.1 Å². The quantitative estimate of drug-likeness (QED) is 0.761. The molecular weight excluding hydrogens is 354 g/mol. The van der Waals surface area contributed by atoms with E-state index in [-0.39, 0.29) is 11.8 Å². The molecule has 28 heavy (non-hydrogen) atoms. The number of carbonyl (C=O) groups is 1. The third-order valence-corrected chi connectivity index (χ3v) is 5.94. The molecule has 0 bridgehead atoms. The number of likely N-dealkylation sites (tertiary alicyclic amines) is 1. The smallest absolute Gasteiger partial charge is 0.229 e. The summed E-state index contributed by atoms with van der Waals surface area (Å²) >= 11 is 0. The Hall–Kier alpha value is -2.21. The number of carbonyl (C=O) groups excluding carboxylic acids is 1. The lowest BCUT2D eigenvalue weighted by atomic mass is 9.96. The molecular formula is C22H29N3O3. The number of aryl methyl sites for hydroxylation is 1. The normalized spacial score (nSPS) is 19.1. The number of hydrogen-bond acceptors (Lipinski definition) is 5. The maximum Gasteiger partial charge on any atom is 0.229 e. The van der Waals surface area contributed by atoms with Gasteiger partial charge in [0, 0.05) is 44.6 Å². The van der Waals surface area contributed by atoms with Crippen molar-refractivity contribution < 1.29 is 14.1 Å². The van der Waals surface area contributed by atoms with Gasteiger partial charge in [0.2, 0.25) is 11.8 Å². The van der Waals surface area contributed by atoms with Crippen LogP contribution in [0.2, 0.25) is 0 Å². The van der Waals surface area contributed by atoms with E-state index in [4.69, 9.17) is 9.26 Å². The largest absolute Gasteiger partial charge is 0.381 e. The molecule has 0 spiro atoms. The molecule has 2 aliphatic heterocycles. The topological polar surface area (TPSA) is 68.5 Å². The first-order valence-corrected chi connectivity index (χ1v) is 10.5. The van der Waals surface area contributed by atoms with Crippen molar-refractivity contribution in [2.75, 3.05) is 26.3 Å². The van der Waals surface area contributed by atoms with Crippen molar-refractivity contribution in [2.24, 2.45) is 0 Å². The van der Waals surface area contributed by atoms with Crippen LogP contribution in [0.1, 0.15) is 67.6 Å². The Morgan fingerprint density at radius 2 is 1.79 bits per heavy atom. The molecule has 1 amide bonds. The average Bonchev–Trinajstić information content (AvgIpc) is 3.25. The van der Waals surface area contributed by atoms with E-state index in [9.17, 15) is 4.79 Å². The number of rotatable bonds is 6. The van der Waals surface area contributed by atoms with Crippen molar-refractivity contribution in [1.82, 2.24) is 15.0 Å². The van der Waals surface area contributed by atoms with Crippen LogP contribution in [0.4, 0.5) is 0 Å². The van der Waals surface area contributed by atoms with Crippen LogP contribution in [0.25, 0.3) is 0 Å². The Labute approximate surface area is 166 Å². The predicted octanol–water partition coefficient (Wildman–Crippen LogP) is 3.69. The van der Waals surface area contributed by atoms with Gasteiger partial charge in [-0.3, -0.25) is 4.79 Å². The zero-order chi connectivity index (χ0) is 19.2. The van der Waals surface area contributed by atoms with Crippen LogP contribution < -0.4 is 0 Å². The lowest BCUT2D eigenvalue weighted by molar-refractivity contribution is -0.132. The van der Waals surface area contributed by atoms with E-state index >= 15 is 0 Å². The summed E-state index contributed by atoms with van der Waals surface area (Å²) in [6.45, 7) is 3.12. The zero-order valence-electron chi connectivity index (χ0n) is 16.4. The van der Waals surface area contributed by atoms with Gasteiger partial charge in [-0.15, -0.1) is 0 Å². The number of benzene rings is 1. The van der Waals surface area contributed by atoms with Gasteiger partial charge >= 0.3 is 0 Å². The highest BCUT2D eigenvalue weighted by atomic mass is 16.5. The van der Waals surface area contributed by atoms with Crippen LogP contribution in [0.15, 0.2) is 34.9 Å². The van der Waals surface area contributed by atoms with Crippen molar-refractivity contribution in [1.29, 1.82) is 0 Å². The second-order valence-corrected chi connectivity index (χ2v) is 7.87.